The van der Waals surface area contributed by atoms with Gasteiger partial charge >= 0.3 is 0 Å². The first kappa shape index (κ1) is 33.8. The fourth-order valence-electron chi connectivity index (χ4n) is 8.65. The molecule has 6 nitrogen and oxygen atoms in total. The van der Waals surface area contributed by atoms with Gasteiger partial charge in [-0.2, -0.15) is 0 Å². The van der Waals surface area contributed by atoms with Gasteiger partial charge in [0.25, 0.3) is 11.8 Å². The Morgan fingerprint density at radius 1 is 0.625 bits per heavy atom. The Morgan fingerprint density at radius 3 is 1.44 bits per heavy atom. The SMILES string of the molecule is CC1CCC(C(C)C)C(c2cccnc2NC(=O)c2ccc3cc(C(=O)Nc4ncccc4C4CC(C)CCC4C(C)C)ccc3c2)C1. The third-order valence-corrected chi connectivity index (χ3v) is 11.3. The summed E-state index contributed by atoms with van der Waals surface area (Å²) >= 11 is 0. The zero-order chi connectivity index (χ0) is 33.9. The van der Waals surface area contributed by atoms with E-state index in [1.807, 2.05) is 48.5 Å². The minimum atomic E-state index is -0.178. The van der Waals surface area contributed by atoms with E-state index < -0.39 is 0 Å². The highest BCUT2D eigenvalue weighted by Gasteiger charge is 2.35. The number of benzene rings is 2. The number of anilines is 2. The minimum absolute atomic E-state index is 0.178. The molecule has 6 heteroatoms. The molecule has 2 aromatic heterocycles. The maximum absolute atomic E-state index is 13.6. The Bertz CT molecular complexity index is 1640. The predicted molar refractivity (Wildman–Crippen MR) is 196 cm³/mol. The lowest BCUT2D eigenvalue weighted by atomic mass is 9.67. The van der Waals surface area contributed by atoms with Crippen LogP contribution in [0.4, 0.5) is 11.6 Å². The normalized spacial score (nSPS) is 24.5. The summed E-state index contributed by atoms with van der Waals surface area (Å²) in [7, 11) is 0. The van der Waals surface area contributed by atoms with Gasteiger partial charge in [0, 0.05) is 23.5 Å². The van der Waals surface area contributed by atoms with Crippen molar-refractivity contribution in [1.82, 2.24) is 9.97 Å². The van der Waals surface area contributed by atoms with E-state index in [1.54, 1.807) is 12.4 Å². The number of nitrogens with one attached hydrogen (secondary N) is 2. The van der Waals surface area contributed by atoms with E-state index in [9.17, 15) is 9.59 Å². The fraction of sp³-hybridized carbons (Fsp3) is 0.476. The van der Waals surface area contributed by atoms with Gasteiger partial charge in [-0.25, -0.2) is 9.97 Å². The van der Waals surface area contributed by atoms with Crippen molar-refractivity contribution in [2.75, 3.05) is 10.6 Å². The summed E-state index contributed by atoms with van der Waals surface area (Å²) in [6.45, 7) is 13.9. The molecule has 2 aliphatic rings. The number of rotatable bonds is 8. The van der Waals surface area contributed by atoms with E-state index in [0.29, 0.717) is 70.1 Å². The molecule has 4 aromatic rings. The van der Waals surface area contributed by atoms with Crippen molar-refractivity contribution in [3.05, 3.63) is 95.3 Å². The van der Waals surface area contributed by atoms with Gasteiger partial charge in [-0.1, -0.05) is 78.6 Å². The second-order valence-corrected chi connectivity index (χ2v) is 15.4. The average Bonchev–Trinajstić information content (AvgIpc) is 3.08. The molecular formula is C42H52N4O2. The molecule has 2 fully saturated rings. The van der Waals surface area contributed by atoms with Gasteiger partial charge in [-0.15, -0.1) is 0 Å². The number of nitrogens with zero attached hydrogens (tertiary/aromatic N) is 2. The zero-order valence-corrected chi connectivity index (χ0v) is 29.5. The number of hydrogen-bond acceptors (Lipinski definition) is 4. The van der Waals surface area contributed by atoms with Gasteiger partial charge in [-0.05, 0) is 131 Å². The first-order chi connectivity index (χ1) is 23.1. The van der Waals surface area contributed by atoms with Crippen LogP contribution < -0.4 is 10.6 Å². The van der Waals surface area contributed by atoms with Crippen LogP contribution in [0.5, 0.6) is 0 Å². The second-order valence-electron chi connectivity index (χ2n) is 15.4. The van der Waals surface area contributed by atoms with Gasteiger partial charge in [0.2, 0.25) is 0 Å². The summed E-state index contributed by atoms with van der Waals surface area (Å²) in [4.78, 5) is 36.4. The fourth-order valence-corrected chi connectivity index (χ4v) is 8.65. The quantitative estimate of drug-likeness (QED) is 0.200. The summed E-state index contributed by atoms with van der Waals surface area (Å²) in [5.74, 6) is 5.33. The Kier molecular flexibility index (Phi) is 10.3. The third kappa shape index (κ3) is 7.33. The van der Waals surface area contributed by atoms with E-state index in [4.69, 9.17) is 0 Å². The summed E-state index contributed by atoms with van der Waals surface area (Å²) in [6.07, 6.45) is 10.7. The number of pyridine rings is 2. The lowest BCUT2D eigenvalue weighted by molar-refractivity contribution is 0.101. The number of carbonyl (C=O) groups excluding carboxylic acids is 2. The van der Waals surface area contributed by atoms with Crippen LogP contribution >= 0.6 is 0 Å². The first-order valence-corrected chi connectivity index (χ1v) is 18.1. The zero-order valence-electron chi connectivity index (χ0n) is 29.5. The molecule has 252 valence electrons. The first-order valence-electron chi connectivity index (χ1n) is 18.1. The molecule has 48 heavy (non-hydrogen) atoms. The largest absolute Gasteiger partial charge is 0.306 e. The van der Waals surface area contributed by atoms with Crippen LogP contribution in [0.3, 0.4) is 0 Å². The van der Waals surface area contributed by atoms with Crippen LogP contribution in [-0.4, -0.2) is 21.8 Å². The molecular weight excluding hydrogens is 592 g/mol. The Morgan fingerprint density at radius 2 is 1.04 bits per heavy atom. The minimum Gasteiger partial charge on any atom is -0.306 e. The lowest BCUT2D eigenvalue weighted by Crippen LogP contribution is -2.27. The molecule has 2 amide bonds. The number of amides is 2. The number of hydrogen-bond donors (Lipinski definition) is 2. The smallest absolute Gasteiger partial charge is 0.256 e. The monoisotopic (exact) mass is 644 g/mol. The van der Waals surface area contributed by atoms with Crippen LogP contribution in [0.25, 0.3) is 10.8 Å². The lowest BCUT2D eigenvalue weighted by Gasteiger charge is -2.38. The molecule has 0 bridgehead atoms. The summed E-state index contributed by atoms with van der Waals surface area (Å²) in [5, 5.41) is 8.09. The highest BCUT2D eigenvalue weighted by atomic mass is 16.2. The maximum Gasteiger partial charge on any atom is 0.256 e. The van der Waals surface area contributed by atoms with Crippen LogP contribution in [0, 0.1) is 35.5 Å². The predicted octanol–water partition coefficient (Wildman–Crippen LogP) is 10.5. The van der Waals surface area contributed by atoms with Crippen molar-refractivity contribution in [2.45, 2.75) is 91.9 Å². The highest BCUT2D eigenvalue weighted by molar-refractivity contribution is 6.09. The van der Waals surface area contributed by atoms with Crippen molar-refractivity contribution in [2.24, 2.45) is 35.5 Å². The second kappa shape index (κ2) is 14.6. The molecule has 0 radical (unpaired) electrons. The standard InChI is InChI=1S/C42H52N4O2/c1-25(2)33-17-11-27(5)21-37(33)35-9-7-19-43-39(35)45-41(47)31-15-13-30-24-32(16-14-29(30)23-31)42(48)46-40-36(10-8-20-44-40)38-22-28(6)12-18-34(38)26(3)4/h7-10,13-16,19-20,23-28,33-34,37-38H,11-12,17-18,21-22H2,1-6H3,(H,43,45,47)(H,44,46,48). The van der Waals surface area contributed by atoms with Crippen LogP contribution in [0.2, 0.25) is 0 Å². The van der Waals surface area contributed by atoms with Gasteiger partial charge in [0.1, 0.15) is 11.6 Å². The molecule has 0 saturated heterocycles. The van der Waals surface area contributed by atoms with E-state index in [2.05, 4.69) is 74.3 Å². The van der Waals surface area contributed by atoms with Crippen LogP contribution in [0.15, 0.2) is 73.1 Å². The Balaban J connectivity index is 1.19. The Labute approximate surface area is 286 Å². The van der Waals surface area contributed by atoms with E-state index in [-0.39, 0.29) is 11.8 Å². The van der Waals surface area contributed by atoms with E-state index in [1.165, 1.54) is 25.7 Å². The van der Waals surface area contributed by atoms with Crippen molar-refractivity contribution in [3.63, 3.8) is 0 Å². The summed E-state index contributed by atoms with van der Waals surface area (Å²) in [6, 6.07) is 19.5. The molecule has 2 aromatic carbocycles. The molecule has 0 aliphatic heterocycles. The van der Waals surface area contributed by atoms with E-state index >= 15 is 0 Å². The molecule has 6 unspecified atom stereocenters. The molecule has 2 saturated carbocycles. The summed E-state index contributed by atoms with van der Waals surface area (Å²) < 4.78 is 0. The molecule has 2 N–H and O–H groups in total. The van der Waals surface area contributed by atoms with Crippen LogP contribution in [-0.2, 0) is 0 Å². The third-order valence-electron chi connectivity index (χ3n) is 11.3. The maximum atomic E-state index is 13.6. The van der Waals surface area contributed by atoms with Crippen molar-refractivity contribution < 1.29 is 9.59 Å². The number of fused-ring (bicyclic) bond motifs is 1. The van der Waals surface area contributed by atoms with Crippen molar-refractivity contribution >= 4 is 34.2 Å². The molecule has 2 aliphatic carbocycles. The molecule has 6 rings (SSSR count). The van der Waals surface area contributed by atoms with Gasteiger partial charge < -0.3 is 10.6 Å². The average molecular weight is 645 g/mol. The van der Waals surface area contributed by atoms with Crippen molar-refractivity contribution in [1.29, 1.82) is 0 Å². The molecule has 2 heterocycles. The van der Waals surface area contributed by atoms with Crippen molar-refractivity contribution in [3.8, 4) is 0 Å². The van der Waals surface area contributed by atoms with E-state index in [0.717, 1.165) is 34.7 Å². The van der Waals surface area contributed by atoms with Crippen LogP contribution in [0.1, 0.15) is 124 Å². The molecule has 6 atom stereocenters. The van der Waals surface area contributed by atoms with Gasteiger partial charge in [0.15, 0.2) is 0 Å². The summed E-state index contributed by atoms with van der Waals surface area (Å²) in [5.41, 5.74) is 3.41. The van der Waals surface area contributed by atoms with Gasteiger partial charge in [-0.3, -0.25) is 9.59 Å². The number of carbonyl (C=O) groups is 2. The topological polar surface area (TPSA) is 84.0 Å². The van der Waals surface area contributed by atoms with Gasteiger partial charge in [0.05, 0.1) is 0 Å². The highest BCUT2D eigenvalue weighted by Crippen LogP contribution is 2.47. The Hall–Kier alpha value is -4.06. The number of aromatic nitrogens is 2. The molecule has 0 spiro atoms.